The topological polar surface area (TPSA) is 36.4 Å². The van der Waals surface area contributed by atoms with Gasteiger partial charge in [0, 0.05) is 35.5 Å². The Morgan fingerprint density at radius 1 is 1.22 bits per heavy atom. The van der Waals surface area contributed by atoms with E-state index >= 15 is 0 Å². The van der Waals surface area contributed by atoms with Crippen LogP contribution in [0.15, 0.2) is 46.5 Å². The van der Waals surface area contributed by atoms with Crippen molar-refractivity contribution in [2.24, 2.45) is 0 Å². The Bertz CT molecular complexity index is 821. The van der Waals surface area contributed by atoms with Crippen LogP contribution in [0.1, 0.15) is 27.7 Å². The van der Waals surface area contributed by atoms with Gasteiger partial charge in [-0.3, -0.25) is 14.6 Å². The lowest BCUT2D eigenvalue weighted by Gasteiger charge is -2.32. The molecule has 0 fully saturated rings. The van der Waals surface area contributed by atoms with Crippen molar-refractivity contribution < 1.29 is 4.79 Å². The van der Waals surface area contributed by atoms with Crippen LogP contribution in [0.5, 0.6) is 0 Å². The SMILES string of the molecule is CC(C)N(CCSC(=O)N1c2ccccc2Sc2ncc(Cl)cc21)C(C)C. The van der Waals surface area contributed by atoms with Crippen molar-refractivity contribution in [3.8, 4) is 0 Å². The van der Waals surface area contributed by atoms with Crippen LogP contribution in [0, 0.1) is 0 Å². The molecule has 0 radical (unpaired) electrons. The minimum absolute atomic E-state index is 0.000490. The molecule has 3 rings (SSSR count). The summed E-state index contributed by atoms with van der Waals surface area (Å²) in [5.41, 5.74) is 1.65. The molecular weight excluding hydrogens is 398 g/mol. The van der Waals surface area contributed by atoms with Crippen LogP contribution in [0.4, 0.5) is 16.2 Å². The minimum atomic E-state index is 0.000490. The van der Waals surface area contributed by atoms with Crippen LogP contribution in [0.3, 0.4) is 0 Å². The van der Waals surface area contributed by atoms with Gasteiger partial charge in [-0.25, -0.2) is 4.98 Å². The number of benzene rings is 1. The average molecular weight is 422 g/mol. The summed E-state index contributed by atoms with van der Waals surface area (Å²) in [6.45, 7) is 9.63. The monoisotopic (exact) mass is 421 g/mol. The minimum Gasteiger partial charge on any atom is -0.298 e. The number of hydrogen-bond acceptors (Lipinski definition) is 5. The molecule has 144 valence electrons. The molecule has 2 aromatic rings. The highest BCUT2D eigenvalue weighted by molar-refractivity contribution is 8.14. The number of carbonyl (C=O) groups is 1. The Balaban J connectivity index is 1.81. The van der Waals surface area contributed by atoms with Crippen LogP contribution < -0.4 is 4.90 Å². The number of nitrogens with zero attached hydrogens (tertiary/aromatic N) is 3. The molecule has 0 N–H and O–H groups in total. The standard InChI is InChI=1S/C20H24ClN3OS2/c1-13(2)23(14(3)4)9-10-26-20(25)24-16-7-5-6-8-18(16)27-19-17(24)11-15(21)12-22-19/h5-8,11-14H,9-10H2,1-4H3. The maximum atomic E-state index is 13.1. The van der Waals surface area contributed by atoms with Gasteiger partial charge in [-0.05, 0) is 45.9 Å². The molecule has 0 spiro atoms. The molecule has 7 heteroatoms. The normalized spacial score (nSPS) is 13.3. The van der Waals surface area contributed by atoms with E-state index < -0.39 is 0 Å². The van der Waals surface area contributed by atoms with Gasteiger partial charge in [0.15, 0.2) is 0 Å². The number of para-hydroxylation sites is 1. The van der Waals surface area contributed by atoms with E-state index in [2.05, 4.69) is 37.6 Å². The predicted molar refractivity (Wildman–Crippen MR) is 117 cm³/mol. The fourth-order valence-electron chi connectivity index (χ4n) is 3.23. The Morgan fingerprint density at radius 3 is 2.63 bits per heavy atom. The molecule has 0 aliphatic carbocycles. The van der Waals surface area contributed by atoms with Crippen molar-refractivity contribution in [1.29, 1.82) is 0 Å². The third-order valence-corrected chi connectivity index (χ3v) is 6.53. The van der Waals surface area contributed by atoms with Gasteiger partial charge in [-0.15, -0.1) is 0 Å². The highest BCUT2D eigenvalue weighted by Gasteiger charge is 2.29. The lowest BCUT2D eigenvalue weighted by molar-refractivity contribution is 0.187. The number of thioether (sulfide) groups is 1. The van der Waals surface area contributed by atoms with E-state index in [0.717, 1.165) is 33.6 Å². The van der Waals surface area contributed by atoms with Gasteiger partial charge in [-0.1, -0.05) is 47.3 Å². The smallest absolute Gasteiger partial charge is 0.290 e. The molecule has 0 saturated heterocycles. The van der Waals surface area contributed by atoms with E-state index in [-0.39, 0.29) is 5.24 Å². The number of carbonyl (C=O) groups excluding carboxylic acids is 1. The van der Waals surface area contributed by atoms with Gasteiger partial charge < -0.3 is 0 Å². The molecular formula is C20H24ClN3OS2. The average Bonchev–Trinajstić information content (AvgIpc) is 2.62. The number of hydrogen-bond donors (Lipinski definition) is 0. The van der Waals surface area contributed by atoms with E-state index in [1.165, 1.54) is 11.8 Å². The number of aromatic nitrogens is 1. The quantitative estimate of drug-likeness (QED) is 0.565. The van der Waals surface area contributed by atoms with Crippen molar-refractivity contribution in [1.82, 2.24) is 9.88 Å². The Morgan fingerprint density at radius 2 is 1.93 bits per heavy atom. The van der Waals surface area contributed by atoms with E-state index in [1.54, 1.807) is 22.9 Å². The lowest BCUT2D eigenvalue weighted by Crippen LogP contribution is -2.39. The van der Waals surface area contributed by atoms with Crippen LogP contribution in [0.2, 0.25) is 5.02 Å². The summed E-state index contributed by atoms with van der Waals surface area (Å²) >= 11 is 9.08. The molecule has 0 atom stereocenters. The van der Waals surface area contributed by atoms with Crippen molar-refractivity contribution in [2.45, 2.75) is 49.7 Å². The molecule has 1 aromatic heterocycles. The predicted octanol–water partition coefficient (Wildman–Crippen LogP) is 6.31. The van der Waals surface area contributed by atoms with Crippen molar-refractivity contribution in [2.75, 3.05) is 17.2 Å². The highest BCUT2D eigenvalue weighted by Crippen LogP contribution is 2.48. The summed E-state index contributed by atoms with van der Waals surface area (Å²) in [7, 11) is 0. The molecule has 0 bridgehead atoms. The van der Waals surface area contributed by atoms with Crippen LogP contribution in [0.25, 0.3) is 0 Å². The fourth-order valence-corrected chi connectivity index (χ4v) is 5.16. The first-order chi connectivity index (χ1) is 12.9. The maximum absolute atomic E-state index is 13.1. The van der Waals surface area contributed by atoms with Gasteiger partial charge >= 0.3 is 0 Å². The number of fused-ring (bicyclic) bond motifs is 2. The first kappa shape index (κ1) is 20.5. The summed E-state index contributed by atoms with van der Waals surface area (Å²) in [5.74, 6) is 0.740. The molecule has 4 nitrogen and oxygen atoms in total. The third-order valence-electron chi connectivity index (χ3n) is 4.44. The van der Waals surface area contributed by atoms with Gasteiger partial charge in [0.05, 0.1) is 16.4 Å². The Hall–Kier alpha value is -1.21. The van der Waals surface area contributed by atoms with Crippen LogP contribution in [-0.4, -0.2) is 39.5 Å². The van der Waals surface area contributed by atoms with Crippen molar-refractivity contribution in [3.05, 3.63) is 41.6 Å². The molecule has 1 aliphatic heterocycles. The molecule has 2 heterocycles. The molecule has 0 unspecified atom stereocenters. The molecule has 27 heavy (non-hydrogen) atoms. The van der Waals surface area contributed by atoms with Crippen LogP contribution in [-0.2, 0) is 0 Å². The second kappa shape index (κ2) is 8.86. The second-order valence-electron chi connectivity index (χ2n) is 6.92. The molecule has 1 amide bonds. The third kappa shape index (κ3) is 4.62. The molecule has 1 aliphatic rings. The summed E-state index contributed by atoms with van der Waals surface area (Å²) in [6, 6.07) is 10.6. The van der Waals surface area contributed by atoms with E-state index in [9.17, 15) is 4.79 Å². The largest absolute Gasteiger partial charge is 0.298 e. The number of amides is 1. The van der Waals surface area contributed by atoms with E-state index in [1.807, 2.05) is 30.3 Å². The highest BCUT2D eigenvalue weighted by atomic mass is 35.5. The zero-order valence-electron chi connectivity index (χ0n) is 16.0. The van der Waals surface area contributed by atoms with Crippen LogP contribution >= 0.6 is 35.1 Å². The molecule has 1 aromatic carbocycles. The Kier molecular flexibility index (Phi) is 6.74. The summed E-state index contributed by atoms with van der Waals surface area (Å²) in [6.07, 6.45) is 1.63. The summed E-state index contributed by atoms with van der Waals surface area (Å²) in [5, 5.41) is 1.33. The van der Waals surface area contributed by atoms with E-state index in [0.29, 0.717) is 17.1 Å². The number of anilines is 2. The number of halogens is 1. The van der Waals surface area contributed by atoms with Gasteiger partial charge in [0.25, 0.3) is 5.24 Å². The van der Waals surface area contributed by atoms with Gasteiger partial charge in [0.2, 0.25) is 0 Å². The fraction of sp³-hybridized carbons (Fsp3) is 0.400. The zero-order chi connectivity index (χ0) is 19.6. The van der Waals surface area contributed by atoms with E-state index in [4.69, 9.17) is 11.6 Å². The lowest BCUT2D eigenvalue weighted by atomic mass is 10.2. The Labute approximate surface area is 174 Å². The maximum Gasteiger partial charge on any atom is 0.290 e. The van der Waals surface area contributed by atoms with Gasteiger partial charge in [-0.2, -0.15) is 0 Å². The summed E-state index contributed by atoms with van der Waals surface area (Å²) in [4.78, 5) is 22.7. The second-order valence-corrected chi connectivity index (χ2v) is 9.44. The van der Waals surface area contributed by atoms with Gasteiger partial charge in [0.1, 0.15) is 5.03 Å². The number of pyridine rings is 1. The van der Waals surface area contributed by atoms with Crippen molar-refractivity contribution in [3.63, 3.8) is 0 Å². The molecule has 0 saturated carbocycles. The number of rotatable bonds is 5. The first-order valence-corrected chi connectivity index (χ1v) is 11.2. The first-order valence-electron chi connectivity index (χ1n) is 9.03. The van der Waals surface area contributed by atoms with Crippen molar-refractivity contribution >= 4 is 51.7 Å². The summed E-state index contributed by atoms with van der Waals surface area (Å²) < 4.78 is 0. The zero-order valence-corrected chi connectivity index (χ0v) is 18.4.